The summed E-state index contributed by atoms with van der Waals surface area (Å²) in [6.45, 7) is 4.14. The van der Waals surface area contributed by atoms with E-state index in [-0.39, 0.29) is 5.91 Å². The number of alkyl halides is 3. The topological polar surface area (TPSA) is 80.4 Å². The van der Waals surface area contributed by atoms with Gasteiger partial charge in [0, 0.05) is 6.42 Å². The number of aliphatic carboxylic acids is 1. The number of carbonyl (C=O) groups is 2. The molecule has 0 aliphatic carbocycles. The van der Waals surface area contributed by atoms with Crippen LogP contribution in [0.1, 0.15) is 26.7 Å². The second kappa shape index (κ2) is 7.08. The fourth-order valence-electron chi connectivity index (χ4n) is 0.431. The summed E-state index contributed by atoms with van der Waals surface area (Å²) < 4.78 is 31.7. The molecule has 0 saturated heterocycles. The van der Waals surface area contributed by atoms with E-state index < -0.39 is 12.1 Å². The van der Waals surface area contributed by atoms with Gasteiger partial charge in [0.05, 0.1) is 0 Å². The van der Waals surface area contributed by atoms with Gasteiger partial charge in [0.1, 0.15) is 0 Å². The second-order valence-corrected chi connectivity index (χ2v) is 3.20. The van der Waals surface area contributed by atoms with Crippen molar-refractivity contribution in [3.8, 4) is 0 Å². The number of carboxylic acids is 1. The Bertz CT molecular complexity index is 214. The lowest BCUT2D eigenvalue weighted by atomic mass is 10.1. The molecule has 0 aromatic carbocycles. The quantitative estimate of drug-likeness (QED) is 0.770. The second-order valence-electron chi connectivity index (χ2n) is 3.20. The van der Waals surface area contributed by atoms with Crippen LogP contribution < -0.4 is 5.73 Å². The lowest BCUT2D eigenvalue weighted by molar-refractivity contribution is -0.192. The number of carboxylic acid groups (broad SMARTS) is 1. The Kier molecular flexibility index (Phi) is 7.63. The van der Waals surface area contributed by atoms with E-state index in [9.17, 15) is 18.0 Å². The number of hydrogen-bond donors (Lipinski definition) is 2. The lowest BCUT2D eigenvalue weighted by Gasteiger charge is -1.98. The van der Waals surface area contributed by atoms with Gasteiger partial charge in [0.2, 0.25) is 5.91 Å². The highest BCUT2D eigenvalue weighted by Gasteiger charge is 2.38. The number of hydrogen-bond acceptors (Lipinski definition) is 2. The number of halogens is 3. The van der Waals surface area contributed by atoms with Crippen LogP contribution in [0.3, 0.4) is 0 Å². The van der Waals surface area contributed by atoms with Gasteiger partial charge in [0.25, 0.3) is 0 Å². The van der Waals surface area contributed by atoms with Gasteiger partial charge in [-0.15, -0.1) is 0 Å². The molecule has 0 aliphatic heterocycles. The summed E-state index contributed by atoms with van der Waals surface area (Å²) in [6.07, 6.45) is -3.65. The lowest BCUT2D eigenvalue weighted by Crippen LogP contribution is -2.21. The fourth-order valence-corrected chi connectivity index (χ4v) is 0.431. The molecular weight excluding hydrogens is 215 g/mol. The van der Waals surface area contributed by atoms with Gasteiger partial charge in [-0.1, -0.05) is 13.8 Å². The molecule has 15 heavy (non-hydrogen) atoms. The van der Waals surface area contributed by atoms with Crippen molar-refractivity contribution in [3.63, 3.8) is 0 Å². The van der Waals surface area contributed by atoms with E-state index in [1.165, 1.54) is 0 Å². The maximum atomic E-state index is 10.6. The molecule has 0 aliphatic rings. The number of nitrogens with two attached hydrogens (primary N) is 1. The molecule has 90 valence electrons. The van der Waals surface area contributed by atoms with Crippen LogP contribution in [0, 0.1) is 5.92 Å². The van der Waals surface area contributed by atoms with Crippen LogP contribution in [-0.2, 0) is 9.59 Å². The SMILES string of the molecule is CC(C)CCC(N)=O.O=C(O)C(F)(F)F. The molecule has 7 heteroatoms. The highest BCUT2D eigenvalue weighted by molar-refractivity contribution is 5.73. The summed E-state index contributed by atoms with van der Waals surface area (Å²) in [5.41, 5.74) is 4.90. The molecule has 0 rings (SSSR count). The zero-order chi connectivity index (χ0) is 12.6. The van der Waals surface area contributed by atoms with Crippen molar-refractivity contribution in [2.75, 3.05) is 0 Å². The van der Waals surface area contributed by atoms with Gasteiger partial charge in [-0.05, 0) is 12.3 Å². The molecule has 0 bridgehead atoms. The van der Waals surface area contributed by atoms with E-state index in [1.807, 2.05) is 0 Å². The summed E-state index contributed by atoms with van der Waals surface area (Å²) >= 11 is 0. The first-order chi connectivity index (χ1) is 6.57. The predicted molar refractivity (Wildman–Crippen MR) is 47.0 cm³/mol. The van der Waals surface area contributed by atoms with E-state index in [0.717, 1.165) is 6.42 Å². The maximum absolute atomic E-state index is 10.6. The summed E-state index contributed by atoms with van der Waals surface area (Å²) in [6, 6.07) is 0. The van der Waals surface area contributed by atoms with Gasteiger partial charge < -0.3 is 10.8 Å². The van der Waals surface area contributed by atoms with E-state index in [1.54, 1.807) is 0 Å². The monoisotopic (exact) mass is 229 g/mol. The minimum atomic E-state index is -5.08. The molecule has 1 amide bonds. The number of primary amides is 1. The molecule has 0 unspecified atom stereocenters. The normalized spacial score (nSPS) is 10.5. The Morgan fingerprint density at radius 1 is 1.33 bits per heavy atom. The highest BCUT2D eigenvalue weighted by atomic mass is 19.4. The van der Waals surface area contributed by atoms with Crippen molar-refractivity contribution in [2.45, 2.75) is 32.9 Å². The van der Waals surface area contributed by atoms with Crippen LogP contribution in [0.5, 0.6) is 0 Å². The summed E-state index contributed by atoms with van der Waals surface area (Å²) in [4.78, 5) is 19.0. The highest BCUT2D eigenvalue weighted by Crippen LogP contribution is 2.13. The average molecular weight is 229 g/mol. The molecule has 0 atom stereocenters. The van der Waals surface area contributed by atoms with Crippen molar-refractivity contribution in [3.05, 3.63) is 0 Å². The zero-order valence-electron chi connectivity index (χ0n) is 8.47. The van der Waals surface area contributed by atoms with Crippen molar-refractivity contribution in [2.24, 2.45) is 11.7 Å². The molecule has 3 N–H and O–H groups in total. The average Bonchev–Trinajstić information content (AvgIpc) is 2.00. The third-order valence-electron chi connectivity index (χ3n) is 1.21. The third-order valence-corrected chi connectivity index (χ3v) is 1.21. The first kappa shape index (κ1) is 16.2. The van der Waals surface area contributed by atoms with Crippen LogP contribution in [0.2, 0.25) is 0 Å². The summed E-state index contributed by atoms with van der Waals surface area (Å²) in [7, 11) is 0. The summed E-state index contributed by atoms with van der Waals surface area (Å²) in [5, 5.41) is 7.12. The van der Waals surface area contributed by atoms with Crippen LogP contribution in [0.15, 0.2) is 0 Å². The molecule has 4 nitrogen and oxygen atoms in total. The molecule has 0 aromatic rings. The van der Waals surface area contributed by atoms with E-state index in [4.69, 9.17) is 15.6 Å². The number of rotatable bonds is 3. The smallest absolute Gasteiger partial charge is 0.475 e. The maximum Gasteiger partial charge on any atom is 0.490 e. The van der Waals surface area contributed by atoms with E-state index >= 15 is 0 Å². The largest absolute Gasteiger partial charge is 0.490 e. The standard InChI is InChI=1S/C6H13NO.C2HF3O2/c1-5(2)3-4-6(7)8;3-2(4,5)1(6)7/h5H,3-4H2,1-2H3,(H2,7,8);(H,6,7). The van der Waals surface area contributed by atoms with Crippen molar-refractivity contribution in [1.29, 1.82) is 0 Å². The molecule has 0 radical (unpaired) electrons. The molecule has 0 spiro atoms. The first-order valence-electron chi connectivity index (χ1n) is 4.15. The molecular formula is C8H14F3NO3. The van der Waals surface area contributed by atoms with Crippen molar-refractivity contribution >= 4 is 11.9 Å². The van der Waals surface area contributed by atoms with Gasteiger partial charge in [-0.2, -0.15) is 13.2 Å². The Hall–Kier alpha value is -1.27. The minimum absolute atomic E-state index is 0.196. The van der Waals surface area contributed by atoms with Gasteiger partial charge in [-0.25, -0.2) is 4.79 Å². The Morgan fingerprint density at radius 3 is 1.73 bits per heavy atom. The fraction of sp³-hybridized carbons (Fsp3) is 0.750. The third kappa shape index (κ3) is 15.5. The Balaban J connectivity index is 0. The molecule has 0 fully saturated rings. The van der Waals surface area contributed by atoms with Crippen LogP contribution in [0.25, 0.3) is 0 Å². The number of carbonyl (C=O) groups excluding carboxylic acids is 1. The summed E-state index contributed by atoms with van der Waals surface area (Å²) in [5.74, 6) is -2.37. The Labute approximate surface area is 85.3 Å². The Morgan fingerprint density at radius 2 is 1.67 bits per heavy atom. The molecule has 0 heterocycles. The van der Waals surface area contributed by atoms with E-state index in [0.29, 0.717) is 12.3 Å². The van der Waals surface area contributed by atoms with Crippen molar-refractivity contribution in [1.82, 2.24) is 0 Å². The van der Waals surface area contributed by atoms with Gasteiger partial charge in [-0.3, -0.25) is 4.79 Å². The number of amides is 1. The molecule has 0 aromatic heterocycles. The minimum Gasteiger partial charge on any atom is -0.475 e. The van der Waals surface area contributed by atoms with Gasteiger partial charge >= 0.3 is 12.1 Å². The van der Waals surface area contributed by atoms with Gasteiger partial charge in [0.15, 0.2) is 0 Å². The van der Waals surface area contributed by atoms with E-state index in [2.05, 4.69) is 13.8 Å². The zero-order valence-corrected chi connectivity index (χ0v) is 8.47. The first-order valence-corrected chi connectivity index (χ1v) is 4.15. The predicted octanol–water partition coefficient (Wildman–Crippen LogP) is 1.54. The molecule has 0 saturated carbocycles. The van der Waals surface area contributed by atoms with Crippen LogP contribution >= 0.6 is 0 Å². The van der Waals surface area contributed by atoms with Crippen LogP contribution in [-0.4, -0.2) is 23.2 Å². The van der Waals surface area contributed by atoms with Crippen molar-refractivity contribution < 1.29 is 27.9 Å². The van der Waals surface area contributed by atoms with Crippen LogP contribution in [0.4, 0.5) is 13.2 Å².